The van der Waals surface area contributed by atoms with Crippen LogP contribution in [0, 0.1) is 0 Å². The highest BCUT2D eigenvalue weighted by Gasteiger charge is 2.09. The Morgan fingerprint density at radius 2 is 2.19 bits per heavy atom. The summed E-state index contributed by atoms with van der Waals surface area (Å²) in [5.74, 6) is 0.843. The zero-order valence-electron chi connectivity index (χ0n) is 8.30. The molecule has 0 radical (unpaired) electrons. The van der Waals surface area contributed by atoms with Crippen molar-refractivity contribution in [2.24, 2.45) is 0 Å². The summed E-state index contributed by atoms with van der Waals surface area (Å²) in [5, 5.41) is 9.54. The lowest BCUT2D eigenvalue weighted by molar-refractivity contribution is 0.276. The molecule has 82 valence electrons. The number of aliphatic hydroxyl groups excluding tert-OH is 1. The van der Waals surface area contributed by atoms with E-state index in [1.165, 1.54) is 12.4 Å². The Balaban J connectivity index is 2.31. The van der Waals surface area contributed by atoms with Gasteiger partial charge in [-0.3, -0.25) is 4.98 Å². The second kappa shape index (κ2) is 4.92. The van der Waals surface area contributed by atoms with E-state index in [2.05, 4.69) is 9.97 Å². The number of rotatable bonds is 3. The summed E-state index contributed by atoms with van der Waals surface area (Å²) in [6, 6.07) is 5.30. The van der Waals surface area contributed by atoms with Gasteiger partial charge in [-0.25, -0.2) is 4.98 Å². The Morgan fingerprint density at radius 1 is 1.31 bits per heavy atom. The minimum atomic E-state index is -0.205. The molecule has 1 N–H and O–H groups in total. The van der Waals surface area contributed by atoms with Gasteiger partial charge in [-0.15, -0.1) is 0 Å². The van der Waals surface area contributed by atoms with Crippen LogP contribution in [-0.4, -0.2) is 15.1 Å². The smallest absolute Gasteiger partial charge is 0.219 e. The SMILES string of the molecule is OCc1c(Cl)cncc1Oc1ccccn1. The molecule has 2 aromatic rings. The maximum Gasteiger partial charge on any atom is 0.219 e. The number of ether oxygens (including phenoxy) is 1. The number of pyridine rings is 2. The van der Waals surface area contributed by atoms with E-state index in [-0.39, 0.29) is 6.61 Å². The van der Waals surface area contributed by atoms with Crippen LogP contribution >= 0.6 is 11.6 Å². The molecular weight excluding hydrogens is 228 g/mol. The fourth-order valence-electron chi connectivity index (χ4n) is 1.21. The molecule has 0 fully saturated rings. The minimum absolute atomic E-state index is 0.205. The normalized spacial score (nSPS) is 10.1. The van der Waals surface area contributed by atoms with Crippen LogP contribution in [0.5, 0.6) is 11.6 Å². The fraction of sp³-hybridized carbons (Fsp3) is 0.0909. The Kier molecular flexibility index (Phi) is 3.34. The highest BCUT2D eigenvalue weighted by atomic mass is 35.5. The lowest BCUT2D eigenvalue weighted by Crippen LogP contribution is -1.95. The first-order chi connectivity index (χ1) is 7.81. The van der Waals surface area contributed by atoms with E-state index in [4.69, 9.17) is 21.4 Å². The van der Waals surface area contributed by atoms with Crippen LogP contribution in [0.25, 0.3) is 0 Å². The molecule has 0 amide bonds. The first kappa shape index (κ1) is 10.9. The Labute approximate surface area is 97.5 Å². The molecule has 4 nitrogen and oxygen atoms in total. The molecule has 0 aliphatic rings. The van der Waals surface area contributed by atoms with E-state index in [1.54, 1.807) is 24.4 Å². The molecule has 0 unspecified atom stereocenters. The summed E-state index contributed by atoms with van der Waals surface area (Å²) in [7, 11) is 0. The summed E-state index contributed by atoms with van der Waals surface area (Å²) in [6.45, 7) is -0.205. The molecule has 0 saturated carbocycles. The second-order valence-electron chi connectivity index (χ2n) is 3.03. The van der Waals surface area contributed by atoms with E-state index in [1.807, 2.05) is 0 Å². The van der Waals surface area contributed by atoms with Crippen molar-refractivity contribution in [3.63, 3.8) is 0 Å². The van der Waals surface area contributed by atoms with E-state index in [0.29, 0.717) is 22.2 Å². The van der Waals surface area contributed by atoms with Crippen LogP contribution in [0.2, 0.25) is 5.02 Å². The van der Waals surface area contributed by atoms with Crippen molar-refractivity contribution in [3.8, 4) is 11.6 Å². The predicted molar refractivity (Wildman–Crippen MR) is 59.5 cm³/mol. The zero-order chi connectivity index (χ0) is 11.4. The lowest BCUT2D eigenvalue weighted by atomic mass is 10.2. The molecule has 0 bridgehead atoms. The standard InChI is InChI=1S/C11H9ClN2O2/c12-9-5-13-6-10(8(9)7-15)16-11-3-1-2-4-14-11/h1-6,15H,7H2. The molecule has 16 heavy (non-hydrogen) atoms. The molecular formula is C11H9ClN2O2. The van der Waals surface area contributed by atoms with Crippen molar-refractivity contribution in [2.75, 3.05) is 0 Å². The molecule has 0 aromatic carbocycles. The van der Waals surface area contributed by atoms with Gasteiger partial charge in [-0.1, -0.05) is 17.7 Å². The monoisotopic (exact) mass is 236 g/mol. The summed E-state index contributed by atoms with van der Waals surface area (Å²) < 4.78 is 5.46. The third-order valence-corrected chi connectivity index (χ3v) is 2.30. The van der Waals surface area contributed by atoms with Crippen LogP contribution in [0.3, 0.4) is 0 Å². The molecule has 0 aliphatic heterocycles. The molecule has 0 saturated heterocycles. The summed E-state index contributed by atoms with van der Waals surface area (Å²) in [4.78, 5) is 7.90. The van der Waals surface area contributed by atoms with Crippen molar-refractivity contribution in [1.29, 1.82) is 0 Å². The number of hydrogen-bond donors (Lipinski definition) is 1. The van der Waals surface area contributed by atoms with Gasteiger partial charge in [0.25, 0.3) is 0 Å². The first-order valence-corrected chi connectivity index (χ1v) is 5.01. The maximum absolute atomic E-state index is 9.16. The predicted octanol–water partition coefficient (Wildman–Crippen LogP) is 2.41. The van der Waals surface area contributed by atoms with Gasteiger partial charge in [0.1, 0.15) is 0 Å². The van der Waals surface area contributed by atoms with Gasteiger partial charge in [0, 0.05) is 24.0 Å². The summed E-state index contributed by atoms with van der Waals surface area (Å²) in [6.07, 6.45) is 4.57. The van der Waals surface area contributed by atoms with Crippen LogP contribution < -0.4 is 4.74 Å². The Bertz CT molecular complexity index is 477. The zero-order valence-corrected chi connectivity index (χ0v) is 9.05. The number of hydrogen-bond acceptors (Lipinski definition) is 4. The van der Waals surface area contributed by atoms with Crippen molar-refractivity contribution < 1.29 is 9.84 Å². The second-order valence-corrected chi connectivity index (χ2v) is 3.43. The number of aliphatic hydroxyl groups is 1. The topological polar surface area (TPSA) is 55.2 Å². The largest absolute Gasteiger partial charge is 0.437 e. The van der Waals surface area contributed by atoms with Gasteiger partial charge in [0.05, 0.1) is 17.8 Å². The molecule has 0 spiro atoms. The molecule has 2 heterocycles. The maximum atomic E-state index is 9.16. The minimum Gasteiger partial charge on any atom is -0.437 e. The average molecular weight is 237 g/mol. The summed E-state index contributed by atoms with van der Waals surface area (Å²) in [5.41, 5.74) is 0.502. The van der Waals surface area contributed by atoms with Crippen molar-refractivity contribution in [1.82, 2.24) is 9.97 Å². The Morgan fingerprint density at radius 3 is 2.88 bits per heavy atom. The van der Waals surface area contributed by atoms with Crippen LogP contribution in [0.4, 0.5) is 0 Å². The molecule has 5 heteroatoms. The lowest BCUT2D eigenvalue weighted by Gasteiger charge is -2.08. The molecule has 2 rings (SSSR count). The first-order valence-electron chi connectivity index (χ1n) is 4.63. The number of nitrogens with zero attached hydrogens (tertiary/aromatic N) is 2. The van der Waals surface area contributed by atoms with Crippen molar-refractivity contribution in [2.45, 2.75) is 6.61 Å². The number of aromatic nitrogens is 2. The van der Waals surface area contributed by atoms with Gasteiger partial charge in [-0.2, -0.15) is 0 Å². The van der Waals surface area contributed by atoms with Gasteiger partial charge in [0.2, 0.25) is 5.88 Å². The van der Waals surface area contributed by atoms with Crippen LogP contribution in [-0.2, 0) is 6.61 Å². The number of halogens is 1. The third kappa shape index (κ3) is 2.29. The molecule has 0 atom stereocenters. The highest BCUT2D eigenvalue weighted by molar-refractivity contribution is 6.31. The van der Waals surface area contributed by atoms with E-state index >= 15 is 0 Å². The van der Waals surface area contributed by atoms with E-state index in [0.717, 1.165) is 0 Å². The molecule has 2 aromatic heterocycles. The quantitative estimate of drug-likeness (QED) is 0.889. The molecule has 0 aliphatic carbocycles. The van der Waals surface area contributed by atoms with Gasteiger partial charge < -0.3 is 9.84 Å². The van der Waals surface area contributed by atoms with Crippen molar-refractivity contribution >= 4 is 11.6 Å². The van der Waals surface area contributed by atoms with E-state index in [9.17, 15) is 0 Å². The van der Waals surface area contributed by atoms with Gasteiger partial charge in [0.15, 0.2) is 5.75 Å². The van der Waals surface area contributed by atoms with Crippen LogP contribution in [0.1, 0.15) is 5.56 Å². The average Bonchev–Trinajstić information content (AvgIpc) is 2.31. The Hall–Kier alpha value is -1.65. The third-order valence-electron chi connectivity index (χ3n) is 1.98. The van der Waals surface area contributed by atoms with Gasteiger partial charge >= 0.3 is 0 Å². The van der Waals surface area contributed by atoms with E-state index < -0.39 is 0 Å². The van der Waals surface area contributed by atoms with Crippen molar-refractivity contribution in [3.05, 3.63) is 47.4 Å². The van der Waals surface area contributed by atoms with Crippen LogP contribution in [0.15, 0.2) is 36.8 Å². The fourth-order valence-corrected chi connectivity index (χ4v) is 1.41. The summed E-state index contributed by atoms with van der Waals surface area (Å²) >= 11 is 5.87. The van der Waals surface area contributed by atoms with Gasteiger partial charge in [-0.05, 0) is 6.07 Å². The highest BCUT2D eigenvalue weighted by Crippen LogP contribution is 2.28.